The summed E-state index contributed by atoms with van der Waals surface area (Å²) in [7, 11) is 1.28. The number of thioether (sulfide) groups is 1. The number of hydrogen-bond donors (Lipinski definition) is 2. The number of rotatable bonds is 7. The summed E-state index contributed by atoms with van der Waals surface area (Å²) in [5.41, 5.74) is 5.67. The lowest BCUT2D eigenvalue weighted by Gasteiger charge is -2.49. The van der Waals surface area contributed by atoms with Gasteiger partial charge in [-0.1, -0.05) is 5.16 Å². The fourth-order valence-corrected chi connectivity index (χ4v) is 4.93. The van der Waals surface area contributed by atoms with E-state index in [-0.39, 0.29) is 34.6 Å². The Balaban J connectivity index is 0.00000432. The standard InChI is InChI=1S/C20H25N5O7S2.ClH/c1-9-6-33-16-12(23-14(26)11(24-30-5)10-7-34-19(21)22-10)15(27)25(16)13(9)17(28)31-8-32-18(29)20(2,3)4;/h7,12,16H,6,8H2,1-5H3,(H2,21,22)(H,23,26);1H/t12?,16-;/m0./s1. The van der Waals surface area contributed by atoms with Gasteiger partial charge in [-0.25, -0.2) is 9.78 Å². The van der Waals surface area contributed by atoms with E-state index in [1.165, 1.54) is 23.8 Å². The lowest BCUT2D eigenvalue weighted by atomic mass is 9.98. The summed E-state index contributed by atoms with van der Waals surface area (Å²) in [5, 5.41) is 7.60. The van der Waals surface area contributed by atoms with Crippen molar-refractivity contribution in [3.63, 3.8) is 0 Å². The quantitative estimate of drug-likeness (QED) is 0.167. The number of nitrogens with two attached hydrogens (primary N) is 1. The van der Waals surface area contributed by atoms with E-state index in [0.717, 1.165) is 11.3 Å². The molecule has 192 valence electrons. The zero-order chi connectivity index (χ0) is 25.2. The number of β-lactam (4-membered cyclic amide) rings is 1. The lowest BCUT2D eigenvalue weighted by molar-refractivity contribution is -0.173. The molecular weight excluding hydrogens is 522 g/mol. The minimum atomic E-state index is -0.898. The molecule has 2 aliphatic rings. The Kier molecular flexibility index (Phi) is 9.14. The molecule has 2 atom stereocenters. The van der Waals surface area contributed by atoms with Crippen LogP contribution in [0.2, 0.25) is 0 Å². The van der Waals surface area contributed by atoms with Crippen LogP contribution in [0.4, 0.5) is 5.13 Å². The molecule has 1 fully saturated rings. The van der Waals surface area contributed by atoms with Crippen LogP contribution in [0.5, 0.6) is 0 Å². The Hall–Kier alpha value is -2.84. The van der Waals surface area contributed by atoms with E-state index in [9.17, 15) is 19.2 Å². The summed E-state index contributed by atoms with van der Waals surface area (Å²) in [5.74, 6) is -2.04. The van der Waals surface area contributed by atoms with Crippen molar-refractivity contribution in [2.24, 2.45) is 10.6 Å². The molecule has 1 unspecified atom stereocenters. The van der Waals surface area contributed by atoms with Crippen LogP contribution in [0.15, 0.2) is 21.8 Å². The van der Waals surface area contributed by atoms with Crippen LogP contribution in [0, 0.1) is 5.41 Å². The van der Waals surface area contributed by atoms with Crippen molar-refractivity contribution >= 4 is 70.1 Å². The van der Waals surface area contributed by atoms with Crippen molar-refractivity contribution in [3.8, 4) is 0 Å². The number of aromatic nitrogens is 1. The average molecular weight is 548 g/mol. The first-order valence-electron chi connectivity index (χ1n) is 10.1. The summed E-state index contributed by atoms with van der Waals surface area (Å²) in [6.45, 7) is 6.15. The first-order chi connectivity index (χ1) is 16.0. The third-order valence-electron chi connectivity index (χ3n) is 4.79. The minimum Gasteiger partial charge on any atom is -0.427 e. The molecule has 1 saturated heterocycles. The highest BCUT2D eigenvalue weighted by Crippen LogP contribution is 2.40. The van der Waals surface area contributed by atoms with Crippen molar-refractivity contribution in [1.29, 1.82) is 0 Å². The maximum absolute atomic E-state index is 12.9. The number of nitrogens with one attached hydrogen (secondary N) is 1. The molecule has 0 saturated carbocycles. The Labute approximate surface area is 216 Å². The van der Waals surface area contributed by atoms with Crippen LogP contribution in [-0.4, -0.2) is 70.4 Å². The summed E-state index contributed by atoms with van der Waals surface area (Å²) in [6.07, 6.45) is 0. The number of halogens is 1. The first kappa shape index (κ1) is 28.4. The molecule has 2 aliphatic heterocycles. The molecule has 3 N–H and O–H groups in total. The lowest BCUT2D eigenvalue weighted by Crippen LogP contribution is -2.71. The van der Waals surface area contributed by atoms with Crippen molar-refractivity contribution in [3.05, 3.63) is 22.3 Å². The maximum Gasteiger partial charge on any atom is 0.357 e. The highest BCUT2D eigenvalue weighted by molar-refractivity contribution is 8.00. The van der Waals surface area contributed by atoms with Crippen molar-refractivity contribution in [2.45, 2.75) is 39.1 Å². The molecule has 0 bridgehead atoms. The largest absolute Gasteiger partial charge is 0.427 e. The predicted octanol–water partition coefficient (Wildman–Crippen LogP) is 1.26. The fraction of sp³-hybridized carbons (Fsp3) is 0.500. The second-order valence-corrected chi connectivity index (χ2v) is 10.4. The third-order valence-corrected chi connectivity index (χ3v) is 6.89. The number of ether oxygens (including phenoxy) is 2. The Morgan fingerprint density at radius 3 is 2.57 bits per heavy atom. The van der Waals surface area contributed by atoms with Gasteiger partial charge in [0.2, 0.25) is 6.79 Å². The van der Waals surface area contributed by atoms with Gasteiger partial charge in [0.1, 0.15) is 29.9 Å². The molecule has 1 aromatic heterocycles. The van der Waals surface area contributed by atoms with Gasteiger partial charge in [-0.15, -0.1) is 35.5 Å². The zero-order valence-corrected chi connectivity index (χ0v) is 22.1. The molecular formula is C20H26ClN5O7S2. The van der Waals surface area contributed by atoms with Crippen molar-refractivity contribution < 1.29 is 33.5 Å². The summed E-state index contributed by atoms with van der Waals surface area (Å²) in [6, 6.07) is -0.898. The number of esters is 2. The van der Waals surface area contributed by atoms with E-state index < -0.39 is 47.4 Å². The van der Waals surface area contributed by atoms with E-state index in [1.54, 1.807) is 33.1 Å². The Morgan fingerprint density at radius 1 is 1.31 bits per heavy atom. The number of carbonyl (C=O) groups is 4. The van der Waals surface area contributed by atoms with Crippen molar-refractivity contribution in [2.75, 3.05) is 25.4 Å². The summed E-state index contributed by atoms with van der Waals surface area (Å²) < 4.78 is 10.0. The molecule has 35 heavy (non-hydrogen) atoms. The second-order valence-electron chi connectivity index (χ2n) is 8.41. The third kappa shape index (κ3) is 6.05. The van der Waals surface area contributed by atoms with Gasteiger partial charge in [-0.2, -0.15) is 0 Å². The van der Waals surface area contributed by atoms with Gasteiger partial charge in [0.05, 0.1) is 5.41 Å². The van der Waals surface area contributed by atoms with Gasteiger partial charge in [-0.3, -0.25) is 19.3 Å². The van der Waals surface area contributed by atoms with E-state index in [1.807, 2.05) is 0 Å². The average Bonchev–Trinajstić information content (AvgIpc) is 3.20. The predicted molar refractivity (Wildman–Crippen MR) is 132 cm³/mol. The van der Waals surface area contributed by atoms with Crippen LogP contribution in [-0.2, 0) is 33.5 Å². The van der Waals surface area contributed by atoms with Crippen LogP contribution in [0.25, 0.3) is 0 Å². The highest BCUT2D eigenvalue weighted by Gasteiger charge is 2.54. The van der Waals surface area contributed by atoms with Gasteiger partial charge in [0.15, 0.2) is 10.8 Å². The van der Waals surface area contributed by atoms with Crippen LogP contribution < -0.4 is 11.1 Å². The number of anilines is 1. The number of nitrogens with zero attached hydrogens (tertiary/aromatic N) is 3. The molecule has 12 nitrogen and oxygen atoms in total. The molecule has 3 rings (SSSR count). The smallest absolute Gasteiger partial charge is 0.357 e. The molecule has 3 heterocycles. The van der Waals surface area contributed by atoms with E-state index in [0.29, 0.717) is 11.3 Å². The molecule has 2 amide bonds. The van der Waals surface area contributed by atoms with Gasteiger partial charge >= 0.3 is 11.9 Å². The maximum atomic E-state index is 12.9. The monoisotopic (exact) mass is 547 g/mol. The fourth-order valence-electron chi connectivity index (χ4n) is 3.09. The number of fused-ring (bicyclic) bond motifs is 1. The SMILES string of the molecule is CON=C(C(=O)NC1C(=O)N2C(C(=O)OCOC(=O)C(C)(C)C)=C(C)CS[C@@H]12)c1csc(N)n1.Cl. The van der Waals surface area contributed by atoms with E-state index in [2.05, 4.69) is 15.5 Å². The molecule has 0 spiro atoms. The summed E-state index contributed by atoms with van der Waals surface area (Å²) in [4.78, 5) is 60.3. The van der Waals surface area contributed by atoms with Gasteiger partial charge in [0.25, 0.3) is 11.8 Å². The molecule has 1 aromatic rings. The number of amides is 2. The zero-order valence-electron chi connectivity index (χ0n) is 19.6. The molecule has 0 aliphatic carbocycles. The van der Waals surface area contributed by atoms with Crippen LogP contribution in [0.1, 0.15) is 33.4 Å². The number of hydrogen-bond acceptors (Lipinski definition) is 12. The minimum absolute atomic E-state index is 0. The Bertz CT molecular complexity index is 1080. The molecule has 0 aromatic carbocycles. The molecule has 0 radical (unpaired) electrons. The Morgan fingerprint density at radius 2 is 2.00 bits per heavy atom. The van der Waals surface area contributed by atoms with E-state index >= 15 is 0 Å². The number of nitrogen functional groups attached to an aromatic ring is 1. The highest BCUT2D eigenvalue weighted by atomic mass is 35.5. The second kappa shape index (κ2) is 11.3. The van der Waals surface area contributed by atoms with Crippen LogP contribution in [0.3, 0.4) is 0 Å². The first-order valence-corrected chi connectivity index (χ1v) is 12.0. The number of thiazole rings is 1. The summed E-state index contributed by atoms with van der Waals surface area (Å²) >= 11 is 2.52. The number of oxime groups is 1. The van der Waals surface area contributed by atoms with Gasteiger partial charge in [0, 0.05) is 11.1 Å². The topological polar surface area (TPSA) is 163 Å². The van der Waals surface area contributed by atoms with E-state index in [4.69, 9.17) is 20.0 Å². The van der Waals surface area contributed by atoms with Crippen LogP contribution >= 0.6 is 35.5 Å². The number of carbonyl (C=O) groups excluding carboxylic acids is 4. The molecule has 15 heteroatoms. The normalized spacial score (nSPS) is 19.7. The van der Waals surface area contributed by atoms with Crippen molar-refractivity contribution in [1.82, 2.24) is 15.2 Å². The van der Waals surface area contributed by atoms with Gasteiger partial charge < -0.3 is 25.4 Å². The van der Waals surface area contributed by atoms with Gasteiger partial charge in [-0.05, 0) is 33.3 Å².